The van der Waals surface area contributed by atoms with Crippen LogP contribution in [0.2, 0.25) is 0 Å². The number of nitrogens with one attached hydrogen (secondary N) is 1. The van der Waals surface area contributed by atoms with E-state index < -0.39 is 34.3 Å². The van der Waals surface area contributed by atoms with Gasteiger partial charge < -0.3 is 28.4 Å². The Morgan fingerprint density at radius 3 is 0.878 bits per heavy atom. The number of esters is 3. The summed E-state index contributed by atoms with van der Waals surface area (Å²) in [4.78, 5) is 35.7. The van der Waals surface area contributed by atoms with Crippen LogP contribution in [0.5, 0.6) is 17.2 Å². The van der Waals surface area contributed by atoms with Crippen LogP contribution < -0.4 is 18.9 Å². The van der Waals surface area contributed by atoms with E-state index in [9.17, 15) is 22.8 Å². The largest absolute Gasteiger partial charge is 0.479 e. The number of unbranched alkanes of at least 4 members (excludes halogenated alkanes) is 28. The number of carbonyl (C=O) groups excluding carboxylic acids is 3. The lowest BCUT2D eigenvalue weighted by Gasteiger charge is -2.17. The van der Waals surface area contributed by atoms with Crippen LogP contribution in [0.1, 0.15) is 264 Å². The lowest BCUT2D eigenvalue weighted by Crippen LogP contribution is -2.28. The maximum absolute atomic E-state index is 12.3. The monoisotopic (exact) mass is 1170 g/mol. The number of rotatable bonds is 47. The van der Waals surface area contributed by atoms with Gasteiger partial charge in [-0.3, -0.25) is 4.72 Å². The van der Waals surface area contributed by atoms with Crippen molar-refractivity contribution in [2.75, 3.05) is 31.8 Å². The highest BCUT2D eigenvalue weighted by Crippen LogP contribution is 2.23. The fourth-order valence-corrected chi connectivity index (χ4v) is 10.6. The summed E-state index contributed by atoms with van der Waals surface area (Å²) >= 11 is 0. The number of sulfonamides is 1. The van der Waals surface area contributed by atoms with Crippen LogP contribution in [-0.4, -0.2) is 71.7 Å². The molecular weight excluding hydrogens is 1050 g/mol. The molecule has 1 N–H and O–H groups in total. The summed E-state index contributed by atoms with van der Waals surface area (Å²) in [6, 6.07) is 22.2. The molecule has 0 amide bonds. The normalized spacial score (nSPS) is 12.1. The van der Waals surface area contributed by atoms with Crippen LogP contribution in [0.25, 0.3) is 0 Å². The Kier molecular flexibility index (Phi) is 46.5. The number of aryl methyl sites for hydroxylation is 2. The second kappa shape index (κ2) is 50.7. The number of hydrogen-bond acceptors (Lipinski definition) is 11. The predicted molar refractivity (Wildman–Crippen MR) is 340 cm³/mol. The number of methoxy groups -OCH3 is 3. The van der Waals surface area contributed by atoms with Crippen LogP contribution >= 0.6 is 0 Å². The molecule has 0 aliphatic heterocycles. The van der Waals surface area contributed by atoms with Crippen LogP contribution in [0.3, 0.4) is 0 Å². The van der Waals surface area contributed by atoms with Gasteiger partial charge in [0.2, 0.25) is 10.0 Å². The van der Waals surface area contributed by atoms with E-state index in [1.807, 2.05) is 69.3 Å². The van der Waals surface area contributed by atoms with E-state index in [1.165, 1.54) is 180 Å². The Morgan fingerprint density at radius 1 is 0.354 bits per heavy atom. The van der Waals surface area contributed by atoms with E-state index in [0.29, 0.717) is 24.3 Å². The first-order valence-corrected chi connectivity index (χ1v) is 33.9. The van der Waals surface area contributed by atoms with E-state index in [-0.39, 0.29) is 17.7 Å². The van der Waals surface area contributed by atoms with E-state index in [1.54, 1.807) is 24.3 Å². The summed E-state index contributed by atoms with van der Waals surface area (Å²) < 4.78 is 59.3. The maximum Gasteiger partial charge on any atom is 0.347 e. The minimum atomic E-state index is -3.37. The molecular formula is C69H115NO11S. The summed E-state index contributed by atoms with van der Waals surface area (Å²) in [5.41, 5.74) is 2.85. The standard InChI is InChI=1S/C25H43NO5S.2C22H36O3/c1-4-6-8-9-10-11-12-13-14-15-21-32(28,29)26-22-17-19-23(20-18-22)31-24(16-7-5-2)25(27)30-3;2*1-4-5-6-7-8-9-10-11-12-13-14-21(22(23)24-3)25-20-17-15-19(2)16-18-20/h17-20,24,26H,4-16,21H2,1-3H3;2*15-18,21H,4-14H2,1-3H3. The molecule has 0 radical (unpaired) electrons. The summed E-state index contributed by atoms with van der Waals surface area (Å²) in [6.07, 6.45) is 39.5. The van der Waals surface area contributed by atoms with Crippen LogP contribution in [-0.2, 0) is 38.6 Å². The van der Waals surface area contributed by atoms with Crippen molar-refractivity contribution in [2.45, 2.75) is 285 Å². The Labute approximate surface area is 500 Å². The maximum atomic E-state index is 12.3. The van der Waals surface area contributed by atoms with Crippen LogP contribution in [0, 0.1) is 13.8 Å². The number of anilines is 1. The lowest BCUT2D eigenvalue weighted by atomic mass is 10.0. The molecule has 0 aliphatic rings. The first-order chi connectivity index (χ1) is 39.7. The topological polar surface area (TPSA) is 153 Å². The molecule has 3 atom stereocenters. The van der Waals surface area contributed by atoms with Gasteiger partial charge in [-0.15, -0.1) is 0 Å². The number of hydrogen-bond donors (Lipinski definition) is 1. The van der Waals surface area contributed by atoms with Crippen LogP contribution in [0.4, 0.5) is 5.69 Å². The van der Waals surface area contributed by atoms with Gasteiger partial charge in [-0.25, -0.2) is 22.8 Å². The van der Waals surface area contributed by atoms with Gasteiger partial charge in [0.25, 0.3) is 0 Å². The molecule has 0 saturated heterocycles. The quantitative estimate of drug-likeness (QED) is 0.0327. The summed E-state index contributed by atoms with van der Waals surface area (Å²) in [5, 5.41) is 0. The minimum absolute atomic E-state index is 0.128. The first-order valence-electron chi connectivity index (χ1n) is 32.2. The molecule has 0 bridgehead atoms. The molecule has 3 rings (SSSR count). The Hall–Kier alpha value is -4.78. The molecule has 3 aromatic rings. The molecule has 0 aromatic heterocycles. The number of carbonyl (C=O) groups is 3. The molecule has 3 aromatic carbocycles. The molecule has 0 heterocycles. The van der Waals surface area contributed by atoms with Crippen molar-refractivity contribution in [3.05, 3.63) is 83.9 Å². The van der Waals surface area contributed by atoms with Crippen molar-refractivity contribution in [3.63, 3.8) is 0 Å². The summed E-state index contributed by atoms with van der Waals surface area (Å²) in [5.74, 6) is 1.13. The first kappa shape index (κ1) is 75.2. The molecule has 0 saturated carbocycles. The van der Waals surface area contributed by atoms with Gasteiger partial charge in [0, 0.05) is 5.69 Å². The molecule has 0 spiro atoms. The molecule has 0 fully saturated rings. The molecule has 468 valence electrons. The van der Waals surface area contributed by atoms with Crippen molar-refractivity contribution >= 4 is 33.6 Å². The summed E-state index contributed by atoms with van der Waals surface area (Å²) in [7, 11) is 0.818. The van der Waals surface area contributed by atoms with E-state index in [0.717, 1.165) is 75.7 Å². The van der Waals surface area contributed by atoms with Gasteiger partial charge >= 0.3 is 17.9 Å². The Morgan fingerprint density at radius 2 is 0.598 bits per heavy atom. The van der Waals surface area contributed by atoms with Crippen molar-refractivity contribution in [2.24, 2.45) is 0 Å². The highest BCUT2D eigenvalue weighted by molar-refractivity contribution is 7.92. The minimum Gasteiger partial charge on any atom is -0.479 e. The zero-order valence-corrected chi connectivity index (χ0v) is 53.8. The third-order valence-electron chi connectivity index (χ3n) is 14.6. The Bertz CT molecular complexity index is 2010. The third kappa shape index (κ3) is 40.4. The van der Waals surface area contributed by atoms with Gasteiger partial charge in [0.15, 0.2) is 18.3 Å². The van der Waals surface area contributed by atoms with Gasteiger partial charge in [0.1, 0.15) is 17.2 Å². The second-order valence-corrected chi connectivity index (χ2v) is 24.1. The lowest BCUT2D eigenvalue weighted by molar-refractivity contribution is -0.149. The average Bonchev–Trinajstić information content (AvgIpc) is 3.53. The van der Waals surface area contributed by atoms with Gasteiger partial charge in [-0.05, 0) is 107 Å². The van der Waals surface area contributed by atoms with Gasteiger partial charge in [-0.1, -0.05) is 243 Å². The second-order valence-electron chi connectivity index (χ2n) is 22.2. The zero-order chi connectivity index (χ0) is 60.3. The molecule has 13 heteroatoms. The van der Waals surface area contributed by atoms with E-state index in [4.69, 9.17) is 28.4 Å². The average molecular weight is 1170 g/mol. The Balaban J connectivity index is 0.000000622. The van der Waals surface area contributed by atoms with Crippen molar-refractivity contribution in [3.8, 4) is 17.2 Å². The van der Waals surface area contributed by atoms with Crippen molar-refractivity contribution in [1.29, 1.82) is 0 Å². The molecule has 82 heavy (non-hydrogen) atoms. The molecule has 3 unspecified atom stereocenters. The molecule has 0 aliphatic carbocycles. The van der Waals surface area contributed by atoms with Crippen LogP contribution in [0.15, 0.2) is 72.8 Å². The van der Waals surface area contributed by atoms with Crippen molar-refractivity contribution < 1.29 is 51.2 Å². The predicted octanol–water partition coefficient (Wildman–Crippen LogP) is 18.9. The van der Waals surface area contributed by atoms with E-state index in [2.05, 4.69) is 25.5 Å². The zero-order valence-electron chi connectivity index (χ0n) is 53.0. The highest BCUT2D eigenvalue weighted by Gasteiger charge is 2.23. The highest BCUT2D eigenvalue weighted by atomic mass is 32.2. The third-order valence-corrected chi connectivity index (χ3v) is 16.0. The molecule has 12 nitrogen and oxygen atoms in total. The van der Waals surface area contributed by atoms with E-state index >= 15 is 0 Å². The SMILES string of the molecule is CCCCCCCCCCCCC(Oc1ccc(C)cc1)C(=O)OC.CCCCCCCCCCCCC(Oc1ccc(C)cc1)C(=O)OC.CCCCCCCCCCCCS(=O)(=O)Nc1ccc(OC(CCCC)C(=O)OC)cc1. The fraction of sp³-hybridized carbons (Fsp3) is 0.696. The number of ether oxygens (including phenoxy) is 6. The van der Waals surface area contributed by atoms with Gasteiger partial charge in [-0.2, -0.15) is 0 Å². The fourth-order valence-electron chi connectivity index (χ4n) is 9.43. The smallest absolute Gasteiger partial charge is 0.347 e. The summed E-state index contributed by atoms with van der Waals surface area (Å²) in [6.45, 7) is 12.8. The number of benzene rings is 3. The van der Waals surface area contributed by atoms with Crippen molar-refractivity contribution in [1.82, 2.24) is 0 Å². The van der Waals surface area contributed by atoms with Gasteiger partial charge in [0.05, 0.1) is 27.1 Å².